The molecule has 0 saturated heterocycles. The van der Waals surface area contributed by atoms with Crippen molar-refractivity contribution in [3.63, 3.8) is 0 Å². The summed E-state index contributed by atoms with van der Waals surface area (Å²) in [6, 6.07) is 7.31. The Bertz CT molecular complexity index is 604. The van der Waals surface area contributed by atoms with E-state index in [1.807, 2.05) is 38.1 Å². The number of aliphatic carboxylic acids is 1. The predicted octanol–water partition coefficient (Wildman–Crippen LogP) is 2.17. The van der Waals surface area contributed by atoms with E-state index in [0.29, 0.717) is 5.82 Å². The van der Waals surface area contributed by atoms with E-state index < -0.39 is 12.0 Å². The number of carboxylic acid groups (broad SMARTS) is 1. The number of hydrogen-bond acceptors (Lipinski definition) is 3. The molecule has 0 bridgehead atoms. The van der Waals surface area contributed by atoms with E-state index in [-0.39, 0.29) is 6.42 Å². The Labute approximate surface area is 111 Å². The zero-order valence-corrected chi connectivity index (χ0v) is 11.0. The summed E-state index contributed by atoms with van der Waals surface area (Å²) in [4.78, 5) is 18.2. The summed E-state index contributed by atoms with van der Waals surface area (Å²) >= 11 is 0. The number of imidazole rings is 1. The van der Waals surface area contributed by atoms with Gasteiger partial charge in [0.15, 0.2) is 0 Å². The molecule has 1 unspecified atom stereocenters. The van der Waals surface area contributed by atoms with Gasteiger partial charge in [-0.05, 0) is 19.4 Å². The third-order valence-electron chi connectivity index (χ3n) is 3.05. The van der Waals surface area contributed by atoms with Gasteiger partial charge in [0, 0.05) is 11.3 Å². The molecule has 0 spiro atoms. The van der Waals surface area contributed by atoms with E-state index in [4.69, 9.17) is 10.8 Å². The molecule has 1 aromatic carbocycles. The number of nitrogens with zero attached hydrogens (tertiary/aromatic N) is 1. The number of nitrogens with one attached hydrogen (secondary N) is 1. The van der Waals surface area contributed by atoms with Crippen molar-refractivity contribution in [3.05, 3.63) is 41.3 Å². The third kappa shape index (κ3) is 2.82. The van der Waals surface area contributed by atoms with E-state index in [9.17, 15) is 4.79 Å². The molecule has 4 N–H and O–H groups in total. The van der Waals surface area contributed by atoms with Gasteiger partial charge in [-0.3, -0.25) is 4.79 Å². The summed E-state index contributed by atoms with van der Waals surface area (Å²) in [6.45, 7) is 3.92. The topological polar surface area (TPSA) is 92.0 Å². The van der Waals surface area contributed by atoms with Crippen LogP contribution in [0.4, 0.5) is 0 Å². The smallest absolute Gasteiger partial charge is 0.305 e. The van der Waals surface area contributed by atoms with Gasteiger partial charge in [-0.25, -0.2) is 4.98 Å². The van der Waals surface area contributed by atoms with Gasteiger partial charge < -0.3 is 15.8 Å². The van der Waals surface area contributed by atoms with Crippen LogP contribution in [0.15, 0.2) is 24.3 Å². The van der Waals surface area contributed by atoms with Crippen LogP contribution in [0.1, 0.15) is 29.5 Å². The molecule has 0 radical (unpaired) electrons. The molecule has 0 amide bonds. The Balaban J connectivity index is 2.37. The number of nitrogens with two attached hydrogens (primary N) is 1. The number of aromatic nitrogens is 2. The highest BCUT2D eigenvalue weighted by atomic mass is 16.4. The van der Waals surface area contributed by atoms with Crippen LogP contribution < -0.4 is 5.73 Å². The molecule has 0 fully saturated rings. The lowest BCUT2D eigenvalue weighted by atomic mass is 10.1. The summed E-state index contributed by atoms with van der Waals surface area (Å²) in [5, 5.41) is 8.76. The second-order valence-electron chi connectivity index (χ2n) is 4.61. The molecule has 0 aliphatic heterocycles. The average Bonchev–Trinajstić information content (AvgIpc) is 2.71. The highest BCUT2D eigenvalue weighted by Crippen LogP contribution is 2.26. The molecule has 0 saturated carbocycles. The maximum atomic E-state index is 10.7. The summed E-state index contributed by atoms with van der Waals surface area (Å²) < 4.78 is 0. The molecule has 0 aliphatic rings. The van der Waals surface area contributed by atoms with Gasteiger partial charge in [0.05, 0.1) is 18.2 Å². The Morgan fingerprint density at radius 1 is 1.42 bits per heavy atom. The van der Waals surface area contributed by atoms with Crippen molar-refractivity contribution >= 4 is 5.97 Å². The third-order valence-corrected chi connectivity index (χ3v) is 3.05. The summed E-state index contributed by atoms with van der Waals surface area (Å²) in [5.41, 5.74) is 9.69. The van der Waals surface area contributed by atoms with Gasteiger partial charge in [-0.2, -0.15) is 0 Å². The molecule has 5 heteroatoms. The second kappa shape index (κ2) is 5.24. The van der Waals surface area contributed by atoms with Crippen molar-refractivity contribution < 1.29 is 9.90 Å². The van der Waals surface area contributed by atoms with Gasteiger partial charge in [0.25, 0.3) is 0 Å². The fourth-order valence-electron chi connectivity index (χ4n) is 2.04. The quantitative estimate of drug-likeness (QED) is 0.784. The molecule has 1 aromatic heterocycles. The highest BCUT2D eigenvalue weighted by Gasteiger charge is 2.17. The second-order valence-corrected chi connectivity index (χ2v) is 4.61. The number of hydrogen-bond donors (Lipinski definition) is 3. The summed E-state index contributed by atoms with van der Waals surface area (Å²) in [7, 11) is 0. The first-order valence-electron chi connectivity index (χ1n) is 6.09. The first-order chi connectivity index (χ1) is 8.99. The number of carboxylic acids is 1. The molecule has 1 heterocycles. The number of carbonyl (C=O) groups is 1. The predicted molar refractivity (Wildman–Crippen MR) is 72.7 cm³/mol. The van der Waals surface area contributed by atoms with Crippen LogP contribution in [0.5, 0.6) is 0 Å². The minimum absolute atomic E-state index is 0.139. The zero-order valence-electron chi connectivity index (χ0n) is 11.0. The first-order valence-corrected chi connectivity index (χ1v) is 6.09. The normalized spacial score (nSPS) is 12.4. The maximum Gasteiger partial charge on any atom is 0.305 e. The monoisotopic (exact) mass is 259 g/mol. The Morgan fingerprint density at radius 3 is 2.74 bits per heavy atom. The molecule has 100 valence electrons. The van der Waals surface area contributed by atoms with Crippen LogP contribution in [0.3, 0.4) is 0 Å². The van der Waals surface area contributed by atoms with Gasteiger partial charge in [-0.15, -0.1) is 0 Å². The van der Waals surface area contributed by atoms with Crippen LogP contribution in [-0.4, -0.2) is 21.0 Å². The van der Waals surface area contributed by atoms with Crippen LogP contribution in [0.2, 0.25) is 0 Å². The molecule has 19 heavy (non-hydrogen) atoms. The Morgan fingerprint density at radius 2 is 2.11 bits per heavy atom. The van der Waals surface area contributed by atoms with Crippen molar-refractivity contribution in [1.82, 2.24) is 9.97 Å². The van der Waals surface area contributed by atoms with E-state index in [0.717, 1.165) is 22.5 Å². The lowest BCUT2D eigenvalue weighted by molar-refractivity contribution is -0.137. The van der Waals surface area contributed by atoms with Gasteiger partial charge >= 0.3 is 5.97 Å². The zero-order chi connectivity index (χ0) is 14.0. The number of rotatable bonds is 4. The molecule has 1 atom stereocenters. The molecule has 2 rings (SSSR count). The van der Waals surface area contributed by atoms with E-state index in [1.54, 1.807) is 0 Å². The van der Waals surface area contributed by atoms with Gasteiger partial charge in [0.2, 0.25) is 0 Å². The fourth-order valence-corrected chi connectivity index (χ4v) is 2.04. The lowest BCUT2D eigenvalue weighted by Crippen LogP contribution is -2.16. The highest BCUT2D eigenvalue weighted by molar-refractivity contribution is 5.68. The van der Waals surface area contributed by atoms with Gasteiger partial charge in [-0.1, -0.05) is 24.3 Å². The van der Waals surface area contributed by atoms with Crippen molar-refractivity contribution in [1.29, 1.82) is 0 Å². The van der Waals surface area contributed by atoms with E-state index in [1.165, 1.54) is 0 Å². The van der Waals surface area contributed by atoms with Crippen molar-refractivity contribution in [2.45, 2.75) is 26.3 Å². The molecular formula is C14H17N3O2. The van der Waals surface area contributed by atoms with Crippen molar-refractivity contribution in [3.8, 4) is 11.3 Å². The van der Waals surface area contributed by atoms with Crippen molar-refractivity contribution in [2.75, 3.05) is 0 Å². The molecular weight excluding hydrogens is 242 g/mol. The SMILES string of the molecule is Cc1ccccc1-c1nc(C(N)CC(=O)O)[nH]c1C. The number of H-pyrrole nitrogens is 1. The molecule has 2 aromatic rings. The first kappa shape index (κ1) is 13.3. The van der Waals surface area contributed by atoms with Gasteiger partial charge in [0.1, 0.15) is 5.82 Å². The lowest BCUT2D eigenvalue weighted by Gasteiger charge is -2.04. The van der Waals surface area contributed by atoms with Crippen molar-refractivity contribution in [2.24, 2.45) is 5.73 Å². The Hall–Kier alpha value is -2.14. The van der Waals surface area contributed by atoms with E-state index in [2.05, 4.69) is 9.97 Å². The maximum absolute atomic E-state index is 10.7. The minimum Gasteiger partial charge on any atom is -0.481 e. The minimum atomic E-state index is -0.931. The fraction of sp³-hybridized carbons (Fsp3) is 0.286. The Kier molecular flexibility index (Phi) is 3.66. The molecule has 5 nitrogen and oxygen atoms in total. The number of aryl methyl sites for hydroxylation is 2. The summed E-state index contributed by atoms with van der Waals surface area (Å²) in [6.07, 6.45) is -0.139. The number of benzene rings is 1. The summed E-state index contributed by atoms with van der Waals surface area (Å²) in [5.74, 6) is -0.419. The average molecular weight is 259 g/mol. The van der Waals surface area contributed by atoms with E-state index >= 15 is 0 Å². The standard InChI is InChI=1S/C14H17N3O2/c1-8-5-3-4-6-10(8)13-9(2)16-14(17-13)11(15)7-12(18)19/h3-6,11H,7,15H2,1-2H3,(H,16,17)(H,18,19). The largest absolute Gasteiger partial charge is 0.481 e. The van der Waals surface area contributed by atoms with Crippen LogP contribution in [0, 0.1) is 13.8 Å². The number of aromatic amines is 1. The molecule has 0 aliphatic carbocycles. The van der Waals surface area contributed by atoms with Crippen LogP contribution in [0.25, 0.3) is 11.3 Å². The van der Waals surface area contributed by atoms with Crippen LogP contribution >= 0.6 is 0 Å². The van der Waals surface area contributed by atoms with Crippen LogP contribution in [-0.2, 0) is 4.79 Å².